The molecule has 0 aromatic heterocycles. The zero-order chi connectivity index (χ0) is 32.4. The van der Waals surface area contributed by atoms with Gasteiger partial charge in [-0.2, -0.15) is 13.2 Å². The second-order valence-electron chi connectivity index (χ2n) is 9.63. The van der Waals surface area contributed by atoms with Crippen LogP contribution in [-0.2, 0) is 31.0 Å². The van der Waals surface area contributed by atoms with Gasteiger partial charge in [-0.15, -0.1) is 0 Å². The van der Waals surface area contributed by atoms with Gasteiger partial charge in [0.1, 0.15) is 6.54 Å². The van der Waals surface area contributed by atoms with E-state index in [1.54, 1.807) is 38.1 Å². The number of amides is 1. The Morgan fingerprint density at radius 3 is 2.00 bits per heavy atom. The molecule has 15 heteroatoms. The van der Waals surface area contributed by atoms with Crippen LogP contribution in [-0.4, -0.2) is 29.3 Å². The van der Waals surface area contributed by atoms with Crippen molar-refractivity contribution in [3.63, 3.8) is 0 Å². The molecule has 4 aromatic rings. The summed E-state index contributed by atoms with van der Waals surface area (Å²) in [5, 5.41) is 2.21. The van der Waals surface area contributed by atoms with E-state index in [1.807, 2.05) is 0 Å². The van der Waals surface area contributed by atoms with Gasteiger partial charge in [0.15, 0.2) is 0 Å². The van der Waals surface area contributed by atoms with E-state index >= 15 is 0 Å². The number of sulfonamides is 2. The summed E-state index contributed by atoms with van der Waals surface area (Å²) in [4.78, 5) is 12.8. The lowest BCUT2D eigenvalue weighted by molar-refractivity contribution is -0.137. The molecule has 4 aromatic carbocycles. The molecule has 0 atom stereocenters. The summed E-state index contributed by atoms with van der Waals surface area (Å²) < 4.78 is 95.5. The van der Waals surface area contributed by atoms with Gasteiger partial charge in [-0.05, 0) is 86.1 Å². The number of carbonyl (C=O) groups excluding carboxylic acids is 1. The highest BCUT2D eigenvalue weighted by atomic mass is 35.5. The van der Waals surface area contributed by atoms with Crippen molar-refractivity contribution in [2.45, 2.75) is 29.8 Å². The topological polar surface area (TPSA) is 113 Å². The second kappa shape index (κ2) is 12.7. The van der Waals surface area contributed by atoms with Crippen molar-refractivity contribution in [2.75, 3.05) is 20.9 Å². The van der Waals surface area contributed by atoms with Crippen LogP contribution < -0.4 is 14.3 Å². The molecule has 0 fully saturated rings. The first kappa shape index (κ1) is 33.1. The van der Waals surface area contributed by atoms with Gasteiger partial charge in [-0.3, -0.25) is 13.8 Å². The third-order valence-electron chi connectivity index (χ3n) is 6.31. The summed E-state index contributed by atoms with van der Waals surface area (Å²) in [6.07, 6.45) is -4.79. The number of anilines is 3. The fourth-order valence-electron chi connectivity index (χ4n) is 4.06. The van der Waals surface area contributed by atoms with E-state index in [0.29, 0.717) is 11.6 Å². The minimum absolute atomic E-state index is 0.0413. The third kappa shape index (κ3) is 7.65. The standard InChI is InChI=1S/C29H24Cl2F3N3O5S2/c1-18-3-10-24(11-4-18)44(41,42)37(27-15-20(30)6-5-19(27)2)17-28(38)35-21-7-12-23(13-8-21)43(39,40)36-22-9-14-26(31)25(16-22)29(32,33)34/h3-16,36H,17H2,1-2H3,(H,35,38). The van der Waals surface area contributed by atoms with Crippen LogP contribution in [0.5, 0.6) is 0 Å². The highest BCUT2D eigenvalue weighted by Crippen LogP contribution is 2.36. The van der Waals surface area contributed by atoms with Gasteiger partial charge >= 0.3 is 6.18 Å². The molecule has 0 radical (unpaired) electrons. The molecular weight excluding hydrogens is 662 g/mol. The number of carbonyl (C=O) groups is 1. The molecule has 232 valence electrons. The minimum atomic E-state index is -4.79. The second-order valence-corrected chi connectivity index (χ2v) is 14.0. The molecule has 0 saturated carbocycles. The Bertz CT molecular complexity index is 1920. The summed E-state index contributed by atoms with van der Waals surface area (Å²) in [5.74, 6) is -0.741. The van der Waals surface area contributed by atoms with Crippen molar-refractivity contribution in [1.82, 2.24) is 0 Å². The predicted octanol–water partition coefficient (Wildman–Crippen LogP) is 7.26. The number of rotatable bonds is 9. The number of hydrogen-bond acceptors (Lipinski definition) is 5. The molecule has 1 amide bonds. The summed E-state index contributed by atoms with van der Waals surface area (Å²) in [6.45, 7) is 2.83. The monoisotopic (exact) mass is 685 g/mol. The zero-order valence-electron chi connectivity index (χ0n) is 23.0. The van der Waals surface area contributed by atoms with Crippen molar-refractivity contribution < 1.29 is 34.8 Å². The van der Waals surface area contributed by atoms with Crippen molar-refractivity contribution in [3.05, 3.63) is 112 Å². The van der Waals surface area contributed by atoms with Gasteiger partial charge in [0.2, 0.25) is 5.91 Å². The first-order valence-electron chi connectivity index (χ1n) is 12.6. The first-order valence-corrected chi connectivity index (χ1v) is 16.3. The van der Waals surface area contributed by atoms with Crippen molar-refractivity contribution >= 4 is 66.2 Å². The van der Waals surface area contributed by atoms with Gasteiger partial charge in [-0.25, -0.2) is 16.8 Å². The smallest absolute Gasteiger partial charge is 0.325 e. The molecule has 2 N–H and O–H groups in total. The molecule has 0 aliphatic carbocycles. The van der Waals surface area contributed by atoms with E-state index in [0.717, 1.165) is 34.1 Å². The van der Waals surface area contributed by atoms with Gasteiger partial charge in [0.05, 0.1) is 26.1 Å². The van der Waals surface area contributed by atoms with Crippen molar-refractivity contribution in [1.29, 1.82) is 0 Å². The predicted molar refractivity (Wildman–Crippen MR) is 164 cm³/mol. The highest BCUT2D eigenvalue weighted by Gasteiger charge is 2.34. The molecule has 0 aliphatic heterocycles. The summed E-state index contributed by atoms with van der Waals surface area (Å²) >= 11 is 11.7. The Morgan fingerprint density at radius 2 is 1.39 bits per heavy atom. The van der Waals surface area contributed by atoms with E-state index < -0.39 is 49.3 Å². The van der Waals surface area contributed by atoms with E-state index in [4.69, 9.17) is 23.2 Å². The number of nitrogens with one attached hydrogen (secondary N) is 2. The van der Waals surface area contributed by atoms with Gasteiger partial charge in [-0.1, -0.05) is 47.0 Å². The lowest BCUT2D eigenvalue weighted by Gasteiger charge is -2.26. The maximum Gasteiger partial charge on any atom is 0.417 e. The highest BCUT2D eigenvalue weighted by molar-refractivity contribution is 7.93. The van der Waals surface area contributed by atoms with E-state index in [-0.39, 0.29) is 31.9 Å². The molecule has 0 heterocycles. The van der Waals surface area contributed by atoms with Crippen LogP contribution in [0.1, 0.15) is 16.7 Å². The Balaban J connectivity index is 1.55. The van der Waals surface area contributed by atoms with Crippen LogP contribution in [0.3, 0.4) is 0 Å². The Labute approximate surface area is 262 Å². The van der Waals surface area contributed by atoms with E-state index in [9.17, 15) is 34.8 Å². The van der Waals surface area contributed by atoms with Crippen LogP contribution in [0.15, 0.2) is 94.7 Å². The lowest BCUT2D eigenvalue weighted by Crippen LogP contribution is -2.38. The average molecular weight is 687 g/mol. The third-order valence-corrected chi connectivity index (χ3v) is 10.0. The normalized spacial score (nSPS) is 12.1. The zero-order valence-corrected chi connectivity index (χ0v) is 26.1. The summed E-state index contributed by atoms with van der Waals surface area (Å²) in [6, 6.07) is 18.1. The Kier molecular flexibility index (Phi) is 9.54. The number of aryl methyl sites for hydroxylation is 2. The van der Waals surface area contributed by atoms with Crippen LogP contribution in [0.4, 0.5) is 30.2 Å². The largest absolute Gasteiger partial charge is 0.417 e. The van der Waals surface area contributed by atoms with Gasteiger partial charge < -0.3 is 5.32 Å². The van der Waals surface area contributed by atoms with Crippen LogP contribution in [0.2, 0.25) is 10.0 Å². The number of benzene rings is 4. The van der Waals surface area contributed by atoms with E-state index in [1.165, 1.54) is 30.3 Å². The maximum atomic E-state index is 13.7. The summed E-state index contributed by atoms with van der Waals surface area (Å²) in [7, 11) is -8.54. The minimum Gasteiger partial charge on any atom is -0.325 e. The van der Waals surface area contributed by atoms with Crippen LogP contribution in [0, 0.1) is 13.8 Å². The van der Waals surface area contributed by atoms with Gasteiger partial charge in [0.25, 0.3) is 20.0 Å². The number of nitrogens with zero attached hydrogens (tertiary/aromatic N) is 1. The molecule has 0 saturated heterocycles. The van der Waals surface area contributed by atoms with E-state index in [2.05, 4.69) is 10.0 Å². The molecule has 0 bridgehead atoms. The Morgan fingerprint density at radius 1 is 0.795 bits per heavy atom. The molecule has 8 nitrogen and oxygen atoms in total. The molecule has 0 aliphatic rings. The summed E-state index contributed by atoms with van der Waals surface area (Å²) in [5.41, 5.74) is 0.149. The quantitative estimate of drug-likeness (QED) is 0.193. The first-order chi connectivity index (χ1) is 20.5. The number of halogens is 5. The maximum absolute atomic E-state index is 13.7. The molecular formula is C29H24Cl2F3N3O5S2. The molecule has 44 heavy (non-hydrogen) atoms. The Hall–Kier alpha value is -3.78. The van der Waals surface area contributed by atoms with Crippen LogP contribution in [0.25, 0.3) is 0 Å². The number of alkyl halides is 3. The average Bonchev–Trinajstić information content (AvgIpc) is 2.94. The lowest BCUT2D eigenvalue weighted by atomic mass is 10.2. The molecule has 4 rings (SSSR count). The van der Waals surface area contributed by atoms with Crippen molar-refractivity contribution in [2.24, 2.45) is 0 Å². The molecule has 0 unspecified atom stereocenters. The molecule has 0 spiro atoms. The van der Waals surface area contributed by atoms with Crippen LogP contribution >= 0.6 is 23.2 Å². The SMILES string of the molecule is Cc1ccc(S(=O)(=O)N(CC(=O)Nc2ccc(S(=O)(=O)Nc3ccc(Cl)c(C(F)(F)F)c3)cc2)c2cc(Cl)ccc2C)cc1. The van der Waals surface area contributed by atoms with Crippen molar-refractivity contribution in [3.8, 4) is 0 Å². The number of hydrogen-bond donors (Lipinski definition) is 2. The van der Waals surface area contributed by atoms with Gasteiger partial charge in [0, 0.05) is 16.4 Å². The fourth-order valence-corrected chi connectivity index (χ4v) is 6.97. The fraction of sp³-hybridized carbons (Fsp3) is 0.138.